The van der Waals surface area contributed by atoms with E-state index in [9.17, 15) is 19.4 Å². The minimum Gasteiger partial charge on any atom is -0.391 e. The third-order valence-electron chi connectivity index (χ3n) is 12.0. The average Bonchev–Trinajstić information content (AvgIpc) is 3.33. The van der Waals surface area contributed by atoms with Gasteiger partial charge in [-0.2, -0.15) is 0 Å². The summed E-state index contributed by atoms with van der Waals surface area (Å²) in [5.74, 6) is -0.158. The van der Waals surface area contributed by atoms with Crippen molar-refractivity contribution in [3.8, 4) is 0 Å². The predicted octanol–water partition coefficient (Wildman–Crippen LogP) is 17.4. The summed E-state index contributed by atoms with van der Waals surface area (Å²) in [6.45, 7) is 4.71. The van der Waals surface area contributed by atoms with Crippen molar-refractivity contribution in [3.63, 3.8) is 0 Å². The van der Waals surface area contributed by atoms with Gasteiger partial charge in [0.1, 0.15) is 13.2 Å². The molecule has 0 aliphatic carbocycles. The van der Waals surface area contributed by atoms with Gasteiger partial charge in [0.05, 0.1) is 39.9 Å². The number of allylic oxidation sites excluding steroid dienone is 20. The Bertz CT molecular complexity index is 1560. The fourth-order valence-corrected chi connectivity index (χ4v) is 8.28. The fraction of sp³-hybridized carbons (Fsp3) is 0.661. The van der Waals surface area contributed by atoms with Crippen LogP contribution in [0.3, 0.4) is 0 Å². The maximum absolute atomic E-state index is 12.9. The second kappa shape index (κ2) is 51.8. The highest BCUT2D eigenvalue weighted by Gasteiger charge is 2.28. The molecular formula is C62H108N2O6P+. The molecule has 0 saturated carbocycles. The predicted molar refractivity (Wildman–Crippen MR) is 308 cm³/mol. The molecule has 0 radical (unpaired) electrons. The Kier molecular flexibility index (Phi) is 49.5. The van der Waals surface area contributed by atoms with Crippen LogP contribution in [-0.2, 0) is 18.4 Å². The topological polar surface area (TPSA) is 105 Å². The van der Waals surface area contributed by atoms with Gasteiger partial charge in [-0.3, -0.25) is 13.8 Å². The zero-order chi connectivity index (χ0) is 52.0. The number of nitrogens with one attached hydrogen (secondary N) is 1. The lowest BCUT2D eigenvalue weighted by molar-refractivity contribution is -0.870. The summed E-state index contributed by atoms with van der Waals surface area (Å²) in [4.78, 5) is 23.2. The van der Waals surface area contributed by atoms with Gasteiger partial charge in [0.25, 0.3) is 0 Å². The molecule has 9 heteroatoms. The number of phosphoric ester groups is 1. The van der Waals surface area contributed by atoms with E-state index in [1.54, 1.807) is 0 Å². The van der Waals surface area contributed by atoms with Gasteiger partial charge in [0, 0.05) is 6.42 Å². The molecule has 0 heterocycles. The first-order valence-electron chi connectivity index (χ1n) is 28.4. The number of hydrogen-bond donors (Lipinski definition) is 3. The third kappa shape index (κ3) is 54.5. The minimum absolute atomic E-state index is 0.0683. The lowest BCUT2D eigenvalue weighted by Gasteiger charge is -2.26. The summed E-state index contributed by atoms with van der Waals surface area (Å²) in [6, 6.07) is -0.767. The van der Waals surface area contributed by atoms with E-state index in [4.69, 9.17) is 9.05 Å². The van der Waals surface area contributed by atoms with Crippen LogP contribution < -0.4 is 5.32 Å². The molecule has 0 spiro atoms. The molecule has 0 aromatic rings. The quantitative estimate of drug-likeness (QED) is 0.0243. The molecule has 1 amide bonds. The molecule has 3 N–H and O–H groups in total. The SMILES string of the molecule is CC/C=C\C/C=C\C/C=C\C/C=C\C/C=C\C/C=C\C/C=C\C/C=C\C/C=C\C/C=C\CCCCCCCCCCCCC(=O)NC(COP(=O)(O)OCC[N+](C)(C)C)C(O)CCCCCCCCCC. The van der Waals surface area contributed by atoms with Crippen molar-refractivity contribution in [2.75, 3.05) is 40.9 Å². The van der Waals surface area contributed by atoms with Gasteiger partial charge in [-0.1, -0.05) is 238 Å². The molecule has 0 rings (SSSR count). The smallest absolute Gasteiger partial charge is 0.391 e. The number of unbranched alkanes of at least 4 members (excludes halogenated alkanes) is 17. The van der Waals surface area contributed by atoms with Crippen molar-refractivity contribution < 1.29 is 32.9 Å². The standard InChI is InChI=1S/C62H107N2O6P/c1-6-8-10-12-14-16-17-18-19-20-21-22-23-24-25-26-27-28-29-30-31-32-33-34-35-36-37-38-39-40-41-42-43-44-45-46-47-48-50-52-54-56-62(66)63-60(59-70-71(67,68)69-58-57-64(3,4)5)61(65)55-53-51-49-15-13-11-9-7-2/h8,10,14,16,18-19,21-22,24-25,27-28,30-31,33-34,36-37,39-40,60-61,65H,6-7,9,11-13,15,17,20,23,26,29,32,35,38,41-59H2,1-5H3,(H-,63,66,67,68)/p+1/b10-8-,16-14-,19-18-,22-21-,25-24-,28-27-,31-30-,34-33-,37-36-,40-39-. The monoisotopic (exact) mass is 1010 g/mol. The Morgan fingerprint density at radius 3 is 1.24 bits per heavy atom. The van der Waals surface area contributed by atoms with Gasteiger partial charge in [-0.05, 0) is 89.9 Å². The molecule has 71 heavy (non-hydrogen) atoms. The number of carbonyl (C=O) groups is 1. The molecule has 0 aliphatic heterocycles. The Morgan fingerprint density at radius 2 is 0.845 bits per heavy atom. The summed E-state index contributed by atoms with van der Waals surface area (Å²) in [5, 5.41) is 13.9. The second-order valence-corrected chi connectivity index (χ2v) is 21.4. The normalized spacial score (nSPS) is 14.9. The summed E-state index contributed by atoms with van der Waals surface area (Å²) in [5.41, 5.74) is 0. The van der Waals surface area contributed by atoms with Crippen LogP contribution >= 0.6 is 7.82 Å². The molecule has 8 nitrogen and oxygen atoms in total. The zero-order valence-electron chi connectivity index (χ0n) is 46.2. The van der Waals surface area contributed by atoms with Crippen LogP contribution in [0.5, 0.6) is 0 Å². The van der Waals surface area contributed by atoms with Gasteiger partial charge in [0.15, 0.2) is 0 Å². The van der Waals surface area contributed by atoms with E-state index in [0.717, 1.165) is 109 Å². The number of likely N-dealkylation sites (N-methyl/N-ethyl adjacent to an activating group) is 1. The highest BCUT2D eigenvalue weighted by Crippen LogP contribution is 2.43. The molecule has 0 saturated heterocycles. The van der Waals surface area contributed by atoms with E-state index in [-0.39, 0.29) is 19.1 Å². The fourth-order valence-electron chi connectivity index (χ4n) is 7.54. The van der Waals surface area contributed by atoms with E-state index < -0.39 is 20.0 Å². The van der Waals surface area contributed by atoms with E-state index in [1.807, 2.05) is 21.1 Å². The van der Waals surface area contributed by atoms with Crippen molar-refractivity contribution in [3.05, 3.63) is 122 Å². The van der Waals surface area contributed by atoms with Crippen molar-refractivity contribution in [2.45, 2.75) is 225 Å². The summed E-state index contributed by atoms with van der Waals surface area (Å²) < 4.78 is 23.6. The third-order valence-corrected chi connectivity index (χ3v) is 13.0. The van der Waals surface area contributed by atoms with Crippen molar-refractivity contribution in [1.82, 2.24) is 5.32 Å². The number of aliphatic hydroxyl groups excluding tert-OH is 1. The van der Waals surface area contributed by atoms with E-state index in [1.165, 1.54) is 77.0 Å². The van der Waals surface area contributed by atoms with Crippen molar-refractivity contribution in [2.24, 2.45) is 0 Å². The van der Waals surface area contributed by atoms with Gasteiger partial charge in [-0.25, -0.2) is 4.57 Å². The maximum atomic E-state index is 12.9. The van der Waals surface area contributed by atoms with Crippen molar-refractivity contribution >= 4 is 13.7 Å². The van der Waals surface area contributed by atoms with E-state index >= 15 is 0 Å². The zero-order valence-corrected chi connectivity index (χ0v) is 47.1. The van der Waals surface area contributed by atoms with Gasteiger partial charge in [0.2, 0.25) is 5.91 Å². The van der Waals surface area contributed by atoms with E-state index in [2.05, 4.69) is 141 Å². The molecule has 3 unspecified atom stereocenters. The van der Waals surface area contributed by atoms with E-state index in [0.29, 0.717) is 23.9 Å². The van der Waals surface area contributed by atoms with Crippen LogP contribution in [0.15, 0.2) is 122 Å². The van der Waals surface area contributed by atoms with Crippen LogP contribution in [0, 0.1) is 0 Å². The van der Waals surface area contributed by atoms with Gasteiger partial charge in [-0.15, -0.1) is 0 Å². The first-order valence-corrected chi connectivity index (χ1v) is 29.9. The summed E-state index contributed by atoms with van der Waals surface area (Å²) >= 11 is 0. The largest absolute Gasteiger partial charge is 0.472 e. The van der Waals surface area contributed by atoms with Gasteiger partial charge < -0.3 is 19.8 Å². The number of rotatable bonds is 50. The average molecular weight is 1010 g/mol. The summed E-state index contributed by atoms with van der Waals surface area (Å²) in [7, 11) is 1.60. The molecular weight excluding hydrogens is 900 g/mol. The molecule has 0 bridgehead atoms. The highest BCUT2D eigenvalue weighted by molar-refractivity contribution is 7.47. The lowest BCUT2D eigenvalue weighted by Crippen LogP contribution is -2.46. The number of phosphoric acid groups is 1. The number of carbonyl (C=O) groups excluding carboxylic acids is 1. The molecule has 0 fully saturated rings. The number of amides is 1. The Morgan fingerprint density at radius 1 is 0.493 bits per heavy atom. The Hall–Kier alpha value is -3.10. The van der Waals surface area contributed by atoms with Crippen molar-refractivity contribution in [1.29, 1.82) is 0 Å². The number of nitrogens with zero attached hydrogens (tertiary/aromatic N) is 1. The van der Waals surface area contributed by atoms with Crippen LogP contribution in [0.2, 0.25) is 0 Å². The second-order valence-electron chi connectivity index (χ2n) is 19.9. The maximum Gasteiger partial charge on any atom is 0.472 e. The highest BCUT2D eigenvalue weighted by atomic mass is 31.2. The summed E-state index contributed by atoms with van der Waals surface area (Å²) in [6.07, 6.45) is 77.1. The number of hydrogen-bond acceptors (Lipinski definition) is 5. The number of aliphatic hydroxyl groups is 1. The lowest BCUT2D eigenvalue weighted by atomic mass is 10.0. The van der Waals surface area contributed by atoms with Crippen LogP contribution in [0.4, 0.5) is 0 Å². The van der Waals surface area contributed by atoms with Crippen LogP contribution in [-0.4, -0.2) is 73.4 Å². The first-order chi connectivity index (χ1) is 34.5. The molecule has 0 aromatic carbocycles. The molecule has 0 aliphatic rings. The number of quaternary nitrogens is 1. The Balaban J connectivity index is 3.97. The van der Waals surface area contributed by atoms with Gasteiger partial charge >= 0.3 is 7.82 Å². The minimum atomic E-state index is -4.32. The molecule has 406 valence electrons. The molecule has 0 aromatic heterocycles. The molecule has 3 atom stereocenters. The Labute approximate surface area is 437 Å². The first kappa shape index (κ1) is 67.9. The van der Waals surface area contributed by atoms with Crippen LogP contribution in [0.1, 0.15) is 213 Å². The van der Waals surface area contributed by atoms with Crippen LogP contribution in [0.25, 0.3) is 0 Å².